The van der Waals surface area contributed by atoms with Crippen molar-refractivity contribution >= 4 is 29.1 Å². The number of nitrogens with one attached hydrogen (secondary N) is 1. The zero-order valence-electron chi connectivity index (χ0n) is 17.0. The molecule has 1 aromatic heterocycles. The molecule has 8 heteroatoms. The Labute approximate surface area is 186 Å². The standard InChI is InChI=1S/C23H23ClN4O3/c24-17-2-6-19(7-3-17)28-14-16(11-22(28)29)23(30)27-18-4-8-20(9-5-18)31-21-10-1-15(12-25)13-26-21/h1-3,6-7,10,13,16,18,20H,4-5,8-9,11,14H2,(H,27,30). The van der Waals surface area contributed by atoms with Crippen molar-refractivity contribution in [1.29, 1.82) is 5.26 Å². The molecule has 1 unspecified atom stereocenters. The van der Waals surface area contributed by atoms with Crippen LogP contribution < -0.4 is 15.0 Å². The molecular weight excluding hydrogens is 416 g/mol. The first-order chi connectivity index (χ1) is 15.0. The summed E-state index contributed by atoms with van der Waals surface area (Å²) < 4.78 is 5.90. The summed E-state index contributed by atoms with van der Waals surface area (Å²) in [5.74, 6) is 0.0516. The summed E-state index contributed by atoms with van der Waals surface area (Å²) in [4.78, 5) is 30.9. The van der Waals surface area contributed by atoms with Gasteiger partial charge in [-0.2, -0.15) is 5.26 Å². The molecule has 160 valence electrons. The summed E-state index contributed by atoms with van der Waals surface area (Å²) in [7, 11) is 0. The van der Waals surface area contributed by atoms with Gasteiger partial charge in [-0.1, -0.05) is 11.6 Å². The van der Waals surface area contributed by atoms with Crippen LogP contribution in [0.25, 0.3) is 0 Å². The van der Waals surface area contributed by atoms with E-state index < -0.39 is 0 Å². The lowest BCUT2D eigenvalue weighted by Gasteiger charge is -2.29. The highest BCUT2D eigenvalue weighted by atomic mass is 35.5. The van der Waals surface area contributed by atoms with Crippen molar-refractivity contribution in [2.24, 2.45) is 5.92 Å². The van der Waals surface area contributed by atoms with Crippen LogP contribution in [0.3, 0.4) is 0 Å². The van der Waals surface area contributed by atoms with Crippen LogP contribution in [0.15, 0.2) is 42.6 Å². The Kier molecular flexibility index (Phi) is 6.38. The van der Waals surface area contributed by atoms with Crippen LogP contribution in [-0.2, 0) is 9.59 Å². The first kappa shape index (κ1) is 21.1. The van der Waals surface area contributed by atoms with Crippen molar-refractivity contribution in [3.63, 3.8) is 0 Å². The van der Waals surface area contributed by atoms with Gasteiger partial charge in [0.1, 0.15) is 12.2 Å². The number of ether oxygens (including phenoxy) is 1. The first-order valence-electron chi connectivity index (χ1n) is 10.4. The average Bonchev–Trinajstić information content (AvgIpc) is 3.18. The van der Waals surface area contributed by atoms with E-state index in [1.165, 1.54) is 6.20 Å². The van der Waals surface area contributed by atoms with Gasteiger partial charge in [-0.3, -0.25) is 9.59 Å². The van der Waals surface area contributed by atoms with E-state index in [9.17, 15) is 9.59 Å². The molecule has 7 nitrogen and oxygen atoms in total. The molecule has 2 heterocycles. The highest BCUT2D eigenvalue weighted by Gasteiger charge is 2.36. The fraction of sp³-hybridized carbons (Fsp3) is 0.391. The molecular formula is C23H23ClN4O3. The second kappa shape index (κ2) is 9.36. The van der Waals surface area contributed by atoms with Crippen molar-refractivity contribution in [3.8, 4) is 11.9 Å². The molecule has 1 aliphatic carbocycles. The topological polar surface area (TPSA) is 95.3 Å². The minimum Gasteiger partial charge on any atom is -0.474 e. The second-order valence-corrected chi connectivity index (χ2v) is 8.42. The Morgan fingerprint density at radius 1 is 1.16 bits per heavy atom. The minimum absolute atomic E-state index is 0.0436. The van der Waals surface area contributed by atoms with Gasteiger partial charge in [0.25, 0.3) is 0 Å². The first-order valence-corrected chi connectivity index (χ1v) is 10.8. The molecule has 2 amide bonds. The van der Waals surface area contributed by atoms with Crippen molar-refractivity contribution < 1.29 is 14.3 Å². The quantitative estimate of drug-likeness (QED) is 0.771. The van der Waals surface area contributed by atoms with Gasteiger partial charge in [-0.05, 0) is 56.0 Å². The molecule has 1 aromatic carbocycles. The monoisotopic (exact) mass is 438 g/mol. The maximum absolute atomic E-state index is 12.7. The van der Waals surface area contributed by atoms with Gasteiger partial charge in [-0.15, -0.1) is 0 Å². The molecule has 1 saturated heterocycles. The van der Waals surface area contributed by atoms with Gasteiger partial charge in [0, 0.05) is 42.0 Å². The molecule has 0 bridgehead atoms. The van der Waals surface area contributed by atoms with Crippen molar-refractivity contribution in [2.75, 3.05) is 11.4 Å². The van der Waals surface area contributed by atoms with E-state index in [1.54, 1.807) is 41.3 Å². The van der Waals surface area contributed by atoms with E-state index in [0.717, 1.165) is 31.4 Å². The predicted octanol–water partition coefficient (Wildman–Crippen LogP) is 3.47. The molecule has 1 aliphatic heterocycles. The van der Waals surface area contributed by atoms with Crippen LogP contribution in [0.1, 0.15) is 37.7 Å². The summed E-state index contributed by atoms with van der Waals surface area (Å²) in [6.07, 6.45) is 5.01. The number of aromatic nitrogens is 1. The number of carbonyl (C=O) groups excluding carboxylic acids is 2. The number of nitriles is 1. The maximum atomic E-state index is 12.7. The number of amides is 2. The van der Waals surface area contributed by atoms with Crippen molar-refractivity contribution in [3.05, 3.63) is 53.2 Å². The number of benzene rings is 1. The number of hydrogen-bond donors (Lipinski definition) is 1. The van der Waals surface area contributed by atoms with Crippen LogP contribution in [-0.4, -0.2) is 35.5 Å². The largest absolute Gasteiger partial charge is 0.474 e. The van der Waals surface area contributed by atoms with Crippen molar-refractivity contribution in [1.82, 2.24) is 10.3 Å². The lowest BCUT2D eigenvalue weighted by molar-refractivity contribution is -0.127. The Hall–Kier alpha value is -3.11. The van der Waals surface area contributed by atoms with Gasteiger partial charge in [0.2, 0.25) is 17.7 Å². The van der Waals surface area contributed by atoms with E-state index in [2.05, 4.69) is 10.3 Å². The summed E-state index contributed by atoms with van der Waals surface area (Å²) in [6.45, 7) is 0.384. The molecule has 2 aliphatic rings. The van der Waals surface area contributed by atoms with E-state index in [4.69, 9.17) is 21.6 Å². The molecule has 2 aromatic rings. The second-order valence-electron chi connectivity index (χ2n) is 7.98. The smallest absolute Gasteiger partial charge is 0.227 e. The van der Waals surface area contributed by atoms with Crippen molar-refractivity contribution in [2.45, 2.75) is 44.2 Å². The third-order valence-electron chi connectivity index (χ3n) is 5.81. The van der Waals surface area contributed by atoms with Crippen LogP contribution in [0.2, 0.25) is 5.02 Å². The summed E-state index contributed by atoms with van der Waals surface area (Å²) >= 11 is 5.92. The molecule has 2 fully saturated rings. The lowest BCUT2D eigenvalue weighted by atomic mass is 9.92. The molecule has 31 heavy (non-hydrogen) atoms. The fourth-order valence-corrected chi connectivity index (χ4v) is 4.21. The zero-order valence-corrected chi connectivity index (χ0v) is 17.7. The van der Waals surface area contributed by atoms with Crippen LogP contribution in [0.5, 0.6) is 5.88 Å². The number of nitrogens with zero attached hydrogens (tertiary/aromatic N) is 3. The number of rotatable bonds is 5. The lowest BCUT2D eigenvalue weighted by Crippen LogP contribution is -2.43. The minimum atomic E-state index is -0.347. The summed E-state index contributed by atoms with van der Waals surface area (Å²) in [6, 6.07) is 12.6. The summed E-state index contributed by atoms with van der Waals surface area (Å²) in [5.41, 5.74) is 1.26. The van der Waals surface area contributed by atoms with Crippen LogP contribution in [0.4, 0.5) is 5.69 Å². The van der Waals surface area contributed by atoms with Gasteiger partial charge >= 0.3 is 0 Å². The van der Waals surface area contributed by atoms with Crippen LogP contribution in [0, 0.1) is 17.2 Å². The number of carbonyl (C=O) groups is 2. The predicted molar refractivity (Wildman–Crippen MR) is 116 cm³/mol. The SMILES string of the molecule is N#Cc1ccc(OC2CCC(NC(=O)C3CC(=O)N(c4ccc(Cl)cc4)C3)CC2)nc1. The van der Waals surface area contributed by atoms with Gasteiger partial charge in [0.05, 0.1) is 11.5 Å². The summed E-state index contributed by atoms with van der Waals surface area (Å²) in [5, 5.41) is 12.6. The highest BCUT2D eigenvalue weighted by Crippen LogP contribution is 2.28. The number of hydrogen-bond acceptors (Lipinski definition) is 5. The third kappa shape index (κ3) is 5.15. The average molecular weight is 439 g/mol. The molecule has 1 saturated carbocycles. The van der Waals surface area contributed by atoms with E-state index in [1.807, 2.05) is 6.07 Å². The van der Waals surface area contributed by atoms with E-state index in [0.29, 0.717) is 23.0 Å². The zero-order chi connectivity index (χ0) is 21.8. The van der Waals surface area contributed by atoms with E-state index in [-0.39, 0.29) is 36.3 Å². The Morgan fingerprint density at radius 3 is 2.55 bits per heavy atom. The molecule has 0 radical (unpaired) electrons. The number of halogens is 1. The Morgan fingerprint density at radius 2 is 1.90 bits per heavy atom. The molecule has 1 atom stereocenters. The number of pyridine rings is 1. The van der Waals surface area contributed by atoms with E-state index >= 15 is 0 Å². The molecule has 4 rings (SSSR count). The fourth-order valence-electron chi connectivity index (χ4n) is 4.08. The van der Waals surface area contributed by atoms with Gasteiger partial charge in [-0.25, -0.2) is 4.98 Å². The highest BCUT2D eigenvalue weighted by molar-refractivity contribution is 6.30. The Balaban J connectivity index is 1.25. The normalized spacial score (nSPS) is 23.3. The molecule has 1 N–H and O–H groups in total. The van der Waals surface area contributed by atoms with Crippen LogP contribution >= 0.6 is 11.6 Å². The molecule has 0 spiro atoms. The number of anilines is 1. The maximum Gasteiger partial charge on any atom is 0.227 e. The Bertz CT molecular complexity index is 979. The van der Waals surface area contributed by atoms with Gasteiger partial charge < -0.3 is 15.0 Å². The van der Waals surface area contributed by atoms with Gasteiger partial charge in [0.15, 0.2) is 0 Å². The third-order valence-corrected chi connectivity index (χ3v) is 6.06.